The number of aliphatic hydroxyl groups excluding tert-OH is 1. The summed E-state index contributed by atoms with van der Waals surface area (Å²) < 4.78 is 58.8. The van der Waals surface area contributed by atoms with Crippen LogP contribution in [0.15, 0.2) is 42.5 Å². The van der Waals surface area contributed by atoms with Crippen LogP contribution in [-0.4, -0.2) is 57.9 Å². The number of alkyl halides is 2. The molecule has 1 aliphatic rings. The molecule has 1 saturated heterocycles. The van der Waals surface area contributed by atoms with Crippen molar-refractivity contribution in [3.8, 4) is 0 Å². The van der Waals surface area contributed by atoms with Gasteiger partial charge in [0.15, 0.2) is 0 Å². The molecule has 2 rings (SSSR count). The summed E-state index contributed by atoms with van der Waals surface area (Å²) in [6, 6.07) is 6.72. The maximum Gasteiger partial charge on any atom is 0.302 e. The highest BCUT2D eigenvalue weighted by Gasteiger charge is 2.39. The molecule has 2 N–H and O–H groups in total. The third-order valence-electron chi connectivity index (χ3n) is 4.99. The van der Waals surface area contributed by atoms with Gasteiger partial charge in [0.1, 0.15) is 10.7 Å². The van der Waals surface area contributed by atoms with Crippen LogP contribution < -0.4 is 0 Å². The lowest BCUT2D eigenvalue weighted by Crippen LogP contribution is -2.34. The zero-order valence-corrected chi connectivity index (χ0v) is 18.3. The fraction of sp³-hybridized carbons (Fsp3) is 0.550. The SMILES string of the molecule is CC(SCCCCN1C(=O)CC[C@@H]1C=CC(O)C(F)(F)c1ccccc1)S(=O)(=O)O. The Morgan fingerprint density at radius 1 is 1.30 bits per heavy atom. The van der Waals surface area contributed by atoms with Gasteiger partial charge in [-0.25, -0.2) is 0 Å². The van der Waals surface area contributed by atoms with Crippen molar-refractivity contribution < 1.29 is 31.7 Å². The third-order valence-corrected chi connectivity index (χ3v) is 7.96. The molecule has 2 unspecified atom stereocenters. The van der Waals surface area contributed by atoms with E-state index in [1.807, 2.05) is 0 Å². The number of carbonyl (C=O) groups is 1. The number of carbonyl (C=O) groups excluding carboxylic acids is 1. The van der Waals surface area contributed by atoms with E-state index in [0.717, 1.165) is 17.8 Å². The summed E-state index contributed by atoms with van der Waals surface area (Å²) in [7, 11) is -4.07. The number of unbranched alkanes of at least 4 members (excludes halogenated alkanes) is 1. The van der Waals surface area contributed by atoms with Crippen LogP contribution in [-0.2, 0) is 20.8 Å². The van der Waals surface area contributed by atoms with Crippen molar-refractivity contribution in [2.24, 2.45) is 0 Å². The number of thioether (sulfide) groups is 1. The van der Waals surface area contributed by atoms with Crippen LogP contribution in [0.25, 0.3) is 0 Å². The van der Waals surface area contributed by atoms with Crippen molar-refractivity contribution in [3.05, 3.63) is 48.0 Å². The number of aliphatic hydroxyl groups is 1. The van der Waals surface area contributed by atoms with Gasteiger partial charge < -0.3 is 10.0 Å². The highest BCUT2D eigenvalue weighted by molar-refractivity contribution is 8.11. The average Bonchev–Trinajstić information content (AvgIpc) is 3.05. The quantitative estimate of drug-likeness (QED) is 0.297. The normalized spacial score (nSPS) is 20.1. The van der Waals surface area contributed by atoms with E-state index in [1.54, 1.807) is 11.0 Å². The van der Waals surface area contributed by atoms with Gasteiger partial charge in [-0.05, 0) is 31.9 Å². The van der Waals surface area contributed by atoms with Gasteiger partial charge in [-0.15, -0.1) is 11.8 Å². The second-order valence-electron chi connectivity index (χ2n) is 7.17. The van der Waals surface area contributed by atoms with Gasteiger partial charge in [0.25, 0.3) is 10.1 Å². The smallest absolute Gasteiger partial charge is 0.302 e. The van der Waals surface area contributed by atoms with E-state index in [-0.39, 0.29) is 17.5 Å². The molecule has 1 aliphatic heterocycles. The van der Waals surface area contributed by atoms with E-state index in [4.69, 9.17) is 4.55 Å². The van der Waals surface area contributed by atoms with Crippen molar-refractivity contribution in [2.75, 3.05) is 12.3 Å². The molecule has 0 aromatic heterocycles. The summed E-state index contributed by atoms with van der Waals surface area (Å²) in [6.45, 7) is 1.82. The Morgan fingerprint density at radius 2 is 1.97 bits per heavy atom. The van der Waals surface area contributed by atoms with E-state index in [1.165, 1.54) is 37.3 Å². The number of hydrogen-bond acceptors (Lipinski definition) is 5. The number of benzene rings is 1. The maximum atomic E-state index is 14.4. The average molecular weight is 464 g/mol. The Balaban J connectivity index is 1.87. The number of amides is 1. The Bertz CT molecular complexity index is 833. The molecule has 10 heteroatoms. The fourth-order valence-electron chi connectivity index (χ4n) is 3.15. The van der Waals surface area contributed by atoms with E-state index < -0.39 is 26.7 Å². The van der Waals surface area contributed by atoms with Gasteiger partial charge in [-0.2, -0.15) is 17.2 Å². The number of nitrogens with zero attached hydrogens (tertiary/aromatic N) is 1. The lowest BCUT2D eigenvalue weighted by atomic mass is 10.0. The standard InChI is InChI=1S/C20H27F2NO5S2/c1-15(30(26,27)28)29-14-6-5-13-23-17(10-12-19(23)25)9-11-18(24)20(21,22)16-7-3-2-4-8-16/h2-4,7-9,11,15,17-18,24H,5-6,10,12-14H2,1H3,(H,26,27,28)/t15?,17-,18?/m0/s1. The molecule has 0 spiro atoms. The summed E-state index contributed by atoms with van der Waals surface area (Å²) in [5, 5.41) is 9.99. The molecular weight excluding hydrogens is 436 g/mol. The molecule has 1 heterocycles. The van der Waals surface area contributed by atoms with Gasteiger partial charge in [-0.3, -0.25) is 9.35 Å². The lowest BCUT2D eigenvalue weighted by Gasteiger charge is -2.24. The van der Waals surface area contributed by atoms with Gasteiger partial charge >= 0.3 is 5.92 Å². The first-order valence-electron chi connectivity index (χ1n) is 9.70. The molecule has 0 radical (unpaired) electrons. The maximum absolute atomic E-state index is 14.4. The molecule has 168 valence electrons. The molecule has 1 aromatic carbocycles. The lowest BCUT2D eigenvalue weighted by molar-refractivity contribution is -0.128. The van der Waals surface area contributed by atoms with Crippen molar-refractivity contribution in [1.29, 1.82) is 0 Å². The number of likely N-dealkylation sites (tertiary alicyclic amines) is 1. The topological polar surface area (TPSA) is 94.9 Å². The minimum Gasteiger partial charge on any atom is -0.382 e. The molecule has 30 heavy (non-hydrogen) atoms. The molecule has 1 amide bonds. The molecule has 3 atom stereocenters. The summed E-state index contributed by atoms with van der Waals surface area (Å²) >= 11 is 1.11. The Morgan fingerprint density at radius 3 is 2.60 bits per heavy atom. The minimum atomic E-state index is -4.07. The van der Waals surface area contributed by atoms with E-state index in [0.29, 0.717) is 38.0 Å². The van der Waals surface area contributed by atoms with Gasteiger partial charge in [0.05, 0.1) is 6.04 Å². The Hall–Kier alpha value is -1.49. The summed E-state index contributed by atoms with van der Waals surface area (Å²) in [5.74, 6) is -3.01. The molecule has 0 aliphatic carbocycles. The van der Waals surface area contributed by atoms with Gasteiger partial charge in [0, 0.05) is 18.5 Å². The monoisotopic (exact) mass is 463 g/mol. The van der Waals surface area contributed by atoms with E-state index in [2.05, 4.69) is 0 Å². The highest BCUT2D eigenvalue weighted by Crippen LogP contribution is 2.32. The van der Waals surface area contributed by atoms with Crippen LogP contribution in [0.3, 0.4) is 0 Å². The number of halogens is 2. The highest BCUT2D eigenvalue weighted by atomic mass is 32.3. The zero-order chi connectivity index (χ0) is 22.4. The minimum absolute atomic E-state index is 0.0760. The van der Waals surface area contributed by atoms with Crippen LogP contribution in [0.1, 0.15) is 38.2 Å². The predicted octanol–water partition coefficient (Wildman–Crippen LogP) is 3.43. The van der Waals surface area contributed by atoms with Crippen molar-refractivity contribution in [2.45, 2.75) is 55.3 Å². The number of hydrogen-bond donors (Lipinski definition) is 2. The van der Waals surface area contributed by atoms with Gasteiger partial charge in [-0.1, -0.05) is 42.5 Å². The first-order valence-corrected chi connectivity index (χ1v) is 12.3. The first kappa shape index (κ1) is 24.8. The molecule has 0 bridgehead atoms. The zero-order valence-electron chi connectivity index (χ0n) is 16.7. The van der Waals surface area contributed by atoms with Crippen LogP contribution >= 0.6 is 11.8 Å². The fourth-order valence-corrected chi connectivity index (χ4v) is 4.83. The van der Waals surface area contributed by atoms with Crippen molar-refractivity contribution in [3.63, 3.8) is 0 Å². The van der Waals surface area contributed by atoms with Crippen LogP contribution in [0, 0.1) is 0 Å². The van der Waals surface area contributed by atoms with Crippen molar-refractivity contribution >= 4 is 27.8 Å². The third kappa shape index (κ3) is 6.76. The van der Waals surface area contributed by atoms with E-state index in [9.17, 15) is 27.1 Å². The second kappa shape index (κ2) is 10.7. The molecule has 0 saturated carbocycles. The Labute approximate surface area is 180 Å². The van der Waals surface area contributed by atoms with Gasteiger partial charge in [0.2, 0.25) is 5.91 Å². The number of rotatable bonds is 11. The van der Waals surface area contributed by atoms with E-state index >= 15 is 0 Å². The second-order valence-corrected chi connectivity index (χ2v) is 10.7. The molecule has 6 nitrogen and oxygen atoms in total. The molecule has 1 aromatic rings. The van der Waals surface area contributed by atoms with Crippen LogP contribution in [0.2, 0.25) is 0 Å². The summed E-state index contributed by atoms with van der Waals surface area (Å²) in [4.78, 5) is 13.7. The Kier molecular flexibility index (Phi) is 8.84. The summed E-state index contributed by atoms with van der Waals surface area (Å²) in [5.41, 5.74) is -0.280. The molecule has 1 fully saturated rings. The molecular formula is C20H27F2NO5S2. The predicted molar refractivity (Wildman–Crippen MR) is 113 cm³/mol. The first-order chi connectivity index (χ1) is 14.0. The van der Waals surface area contributed by atoms with Crippen LogP contribution in [0.4, 0.5) is 8.78 Å². The van der Waals surface area contributed by atoms with Crippen molar-refractivity contribution in [1.82, 2.24) is 4.90 Å². The largest absolute Gasteiger partial charge is 0.382 e. The van der Waals surface area contributed by atoms with Crippen LogP contribution in [0.5, 0.6) is 0 Å². The summed E-state index contributed by atoms with van der Waals surface area (Å²) in [6.07, 6.45) is 2.57.